The molecule has 0 bridgehead atoms. The normalized spacial score (nSPS) is 24.3. The van der Waals surface area contributed by atoms with Crippen LogP contribution in [0.2, 0.25) is 0 Å². The monoisotopic (exact) mass is 154 g/mol. The highest BCUT2D eigenvalue weighted by molar-refractivity contribution is 4.70. The Bertz CT molecular complexity index is 84.9. The zero-order valence-corrected chi connectivity index (χ0v) is 7.68. The molecule has 0 aromatic rings. The standard InChI is InChI=1S/C10H20N/c1-2-3-4-5-6-10-7-8-11-9-10/h10H,2-9H2,1H3. The molecule has 1 fully saturated rings. The lowest BCUT2D eigenvalue weighted by Crippen LogP contribution is -2.02. The van der Waals surface area contributed by atoms with Gasteiger partial charge >= 0.3 is 0 Å². The van der Waals surface area contributed by atoms with Crippen molar-refractivity contribution in [3.05, 3.63) is 0 Å². The molecule has 1 nitrogen and oxygen atoms in total. The Hall–Kier alpha value is -0.0400. The first kappa shape index (κ1) is 9.05. The highest BCUT2D eigenvalue weighted by Crippen LogP contribution is 2.17. The van der Waals surface area contributed by atoms with Gasteiger partial charge in [0.1, 0.15) is 0 Å². The number of hydrogen-bond donors (Lipinski definition) is 0. The van der Waals surface area contributed by atoms with Crippen LogP contribution in [0.25, 0.3) is 0 Å². The van der Waals surface area contributed by atoms with Gasteiger partial charge in [-0.3, -0.25) is 0 Å². The highest BCUT2D eigenvalue weighted by Gasteiger charge is 2.13. The molecule has 1 heteroatoms. The summed E-state index contributed by atoms with van der Waals surface area (Å²) in [5.74, 6) is 0.951. The van der Waals surface area contributed by atoms with Crippen LogP contribution < -0.4 is 5.32 Å². The quantitative estimate of drug-likeness (QED) is 0.540. The number of nitrogens with zero attached hydrogens (tertiary/aromatic N) is 1. The lowest BCUT2D eigenvalue weighted by Gasteiger charge is -2.05. The van der Waals surface area contributed by atoms with Gasteiger partial charge in [0.2, 0.25) is 0 Å². The fourth-order valence-corrected chi connectivity index (χ4v) is 1.73. The van der Waals surface area contributed by atoms with Crippen LogP contribution in [0, 0.1) is 5.92 Å². The number of rotatable bonds is 5. The van der Waals surface area contributed by atoms with Crippen molar-refractivity contribution in [2.24, 2.45) is 5.92 Å². The smallest absolute Gasteiger partial charge is 0.0162 e. The summed E-state index contributed by atoms with van der Waals surface area (Å²) in [6, 6.07) is 0. The molecular formula is C10H20N. The van der Waals surface area contributed by atoms with Crippen molar-refractivity contribution in [1.82, 2.24) is 5.32 Å². The molecule has 1 heterocycles. The third kappa shape index (κ3) is 3.76. The average molecular weight is 154 g/mol. The van der Waals surface area contributed by atoms with Gasteiger partial charge in [0.25, 0.3) is 0 Å². The van der Waals surface area contributed by atoms with Crippen LogP contribution in [0.3, 0.4) is 0 Å². The van der Waals surface area contributed by atoms with E-state index in [0.29, 0.717) is 0 Å². The molecule has 0 aliphatic carbocycles. The maximum Gasteiger partial charge on any atom is 0.0162 e. The first-order chi connectivity index (χ1) is 5.43. The van der Waals surface area contributed by atoms with Gasteiger partial charge in [-0.1, -0.05) is 32.6 Å². The van der Waals surface area contributed by atoms with Crippen molar-refractivity contribution in [3.63, 3.8) is 0 Å². The molecule has 1 saturated heterocycles. The SMILES string of the molecule is CCCCCCC1CC[N]C1. The maximum absolute atomic E-state index is 4.36. The number of hydrogen-bond acceptors (Lipinski definition) is 0. The Morgan fingerprint density at radius 1 is 1.27 bits per heavy atom. The fraction of sp³-hybridized carbons (Fsp3) is 1.00. The van der Waals surface area contributed by atoms with E-state index in [2.05, 4.69) is 12.2 Å². The molecule has 65 valence electrons. The third-order valence-corrected chi connectivity index (χ3v) is 2.55. The molecule has 0 saturated carbocycles. The summed E-state index contributed by atoms with van der Waals surface area (Å²) in [6.07, 6.45) is 8.45. The van der Waals surface area contributed by atoms with Crippen LogP contribution in [0.15, 0.2) is 0 Å². The van der Waals surface area contributed by atoms with Crippen LogP contribution in [0.4, 0.5) is 0 Å². The van der Waals surface area contributed by atoms with E-state index in [-0.39, 0.29) is 0 Å². The van der Waals surface area contributed by atoms with Crippen molar-refractivity contribution in [2.75, 3.05) is 13.1 Å². The minimum absolute atomic E-state index is 0.951. The first-order valence-corrected chi connectivity index (χ1v) is 5.06. The van der Waals surface area contributed by atoms with E-state index in [1.165, 1.54) is 38.5 Å². The predicted molar refractivity (Wildman–Crippen MR) is 48.7 cm³/mol. The van der Waals surface area contributed by atoms with Crippen LogP contribution in [0.5, 0.6) is 0 Å². The zero-order chi connectivity index (χ0) is 7.94. The van der Waals surface area contributed by atoms with Gasteiger partial charge in [-0.15, -0.1) is 0 Å². The topological polar surface area (TPSA) is 14.1 Å². The zero-order valence-electron chi connectivity index (χ0n) is 7.68. The summed E-state index contributed by atoms with van der Waals surface area (Å²) in [7, 11) is 0. The second-order valence-corrected chi connectivity index (χ2v) is 3.63. The summed E-state index contributed by atoms with van der Waals surface area (Å²) < 4.78 is 0. The fourth-order valence-electron chi connectivity index (χ4n) is 1.73. The largest absolute Gasteiger partial charge is 0.241 e. The van der Waals surface area contributed by atoms with Gasteiger partial charge in [0, 0.05) is 13.1 Å². The summed E-state index contributed by atoms with van der Waals surface area (Å²) in [5, 5.41) is 4.36. The van der Waals surface area contributed by atoms with Crippen LogP contribution in [0.1, 0.15) is 45.4 Å². The van der Waals surface area contributed by atoms with Gasteiger partial charge in [-0.05, 0) is 18.8 Å². The Morgan fingerprint density at radius 2 is 2.18 bits per heavy atom. The van der Waals surface area contributed by atoms with Crippen LogP contribution >= 0.6 is 0 Å². The second kappa shape index (κ2) is 5.59. The van der Waals surface area contributed by atoms with Crippen molar-refractivity contribution in [2.45, 2.75) is 45.4 Å². The molecule has 0 aromatic heterocycles. The molecule has 1 aliphatic rings. The third-order valence-electron chi connectivity index (χ3n) is 2.55. The average Bonchev–Trinajstić information content (AvgIpc) is 2.50. The molecular weight excluding hydrogens is 134 g/mol. The Balaban J connectivity index is 1.86. The summed E-state index contributed by atoms with van der Waals surface area (Å²) in [4.78, 5) is 0. The van der Waals surface area contributed by atoms with Gasteiger partial charge < -0.3 is 0 Å². The highest BCUT2D eigenvalue weighted by atomic mass is 14.9. The minimum atomic E-state index is 0.951. The van der Waals surface area contributed by atoms with E-state index in [0.717, 1.165) is 19.0 Å². The van der Waals surface area contributed by atoms with Gasteiger partial charge in [-0.2, -0.15) is 0 Å². The maximum atomic E-state index is 4.36. The van der Waals surface area contributed by atoms with Crippen molar-refractivity contribution in [3.8, 4) is 0 Å². The second-order valence-electron chi connectivity index (χ2n) is 3.63. The first-order valence-electron chi connectivity index (χ1n) is 5.06. The van der Waals surface area contributed by atoms with Crippen LogP contribution in [-0.2, 0) is 0 Å². The summed E-state index contributed by atoms with van der Waals surface area (Å²) in [5.41, 5.74) is 0. The minimum Gasteiger partial charge on any atom is -0.241 e. The molecule has 1 aliphatic heterocycles. The van der Waals surface area contributed by atoms with E-state index in [1.807, 2.05) is 0 Å². The van der Waals surface area contributed by atoms with Crippen molar-refractivity contribution < 1.29 is 0 Å². The summed E-state index contributed by atoms with van der Waals surface area (Å²) in [6.45, 7) is 4.56. The molecule has 1 unspecified atom stereocenters. The van der Waals surface area contributed by atoms with Gasteiger partial charge in [-0.25, -0.2) is 5.32 Å². The molecule has 0 spiro atoms. The lowest BCUT2D eigenvalue weighted by molar-refractivity contribution is 0.488. The van der Waals surface area contributed by atoms with E-state index in [4.69, 9.17) is 0 Å². The molecule has 1 atom stereocenters. The summed E-state index contributed by atoms with van der Waals surface area (Å²) >= 11 is 0. The van der Waals surface area contributed by atoms with Crippen molar-refractivity contribution in [1.29, 1.82) is 0 Å². The predicted octanol–water partition coefficient (Wildman–Crippen LogP) is 2.58. The van der Waals surface area contributed by atoms with Gasteiger partial charge in [0.05, 0.1) is 0 Å². The van der Waals surface area contributed by atoms with E-state index in [1.54, 1.807) is 0 Å². The van der Waals surface area contributed by atoms with E-state index < -0.39 is 0 Å². The lowest BCUT2D eigenvalue weighted by atomic mass is 10.0. The van der Waals surface area contributed by atoms with Crippen molar-refractivity contribution >= 4 is 0 Å². The van der Waals surface area contributed by atoms with E-state index in [9.17, 15) is 0 Å². The molecule has 0 aromatic carbocycles. The molecule has 11 heavy (non-hydrogen) atoms. The van der Waals surface area contributed by atoms with E-state index >= 15 is 0 Å². The Labute approximate surface area is 70.6 Å². The molecule has 0 N–H and O–H groups in total. The molecule has 1 radical (unpaired) electrons. The Morgan fingerprint density at radius 3 is 2.82 bits per heavy atom. The van der Waals surface area contributed by atoms with Gasteiger partial charge in [0.15, 0.2) is 0 Å². The Kier molecular flexibility index (Phi) is 4.60. The molecule has 0 amide bonds. The molecule has 1 rings (SSSR count). The van der Waals surface area contributed by atoms with Crippen LogP contribution in [-0.4, -0.2) is 13.1 Å². The number of unbranched alkanes of at least 4 members (excludes halogenated alkanes) is 3.